The first-order chi connectivity index (χ1) is 9.65. The van der Waals surface area contributed by atoms with Crippen molar-refractivity contribution in [3.05, 3.63) is 52.7 Å². The average molecular weight is 311 g/mol. The second-order valence-corrected chi connectivity index (χ2v) is 5.12. The van der Waals surface area contributed by atoms with Crippen molar-refractivity contribution in [3.63, 3.8) is 0 Å². The maximum absolute atomic E-state index is 6.25. The van der Waals surface area contributed by atoms with Crippen LogP contribution in [-0.2, 0) is 12.4 Å². The summed E-state index contributed by atoms with van der Waals surface area (Å²) in [5.41, 5.74) is 1.99. The Kier molecular flexibility index (Phi) is 5.10. The van der Waals surface area contributed by atoms with Gasteiger partial charge < -0.3 is 9.64 Å². The molecule has 3 nitrogen and oxygen atoms in total. The fourth-order valence-corrected chi connectivity index (χ4v) is 2.47. The molecule has 2 aromatic rings. The Labute approximate surface area is 129 Å². The lowest BCUT2D eigenvalue weighted by atomic mass is 10.2. The number of pyridine rings is 1. The van der Waals surface area contributed by atoms with E-state index in [1.165, 1.54) is 0 Å². The summed E-state index contributed by atoms with van der Waals surface area (Å²) >= 11 is 12.0. The Morgan fingerprint density at radius 3 is 2.70 bits per heavy atom. The fraction of sp³-hybridized carbons (Fsp3) is 0.267. The average Bonchev–Trinajstić information content (AvgIpc) is 2.47. The first kappa shape index (κ1) is 14.9. The molecule has 0 saturated carbocycles. The van der Waals surface area contributed by atoms with Crippen molar-refractivity contribution < 1.29 is 4.74 Å². The van der Waals surface area contributed by atoms with Gasteiger partial charge in [0.05, 0.1) is 12.1 Å². The van der Waals surface area contributed by atoms with Gasteiger partial charge in [-0.2, -0.15) is 0 Å². The number of hydrogen-bond acceptors (Lipinski definition) is 3. The van der Waals surface area contributed by atoms with E-state index < -0.39 is 0 Å². The monoisotopic (exact) mass is 310 g/mol. The molecule has 2 rings (SSSR count). The third kappa shape index (κ3) is 3.35. The second-order valence-electron chi connectivity index (χ2n) is 4.45. The van der Waals surface area contributed by atoms with Crippen molar-refractivity contribution in [2.75, 3.05) is 19.1 Å². The summed E-state index contributed by atoms with van der Waals surface area (Å²) in [4.78, 5) is 6.35. The molecule has 0 unspecified atom stereocenters. The van der Waals surface area contributed by atoms with Gasteiger partial charge in [0.2, 0.25) is 0 Å². The SMILES string of the molecule is COc1ccccc1CN(C)c1ncc(CCl)cc1Cl. The minimum absolute atomic E-state index is 0.406. The van der Waals surface area contributed by atoms with E-state index in [-0.39, 0.29) is 0 Å². The summed E-state index contributed by atoms with van der Waals surface area (Å²) in [6, 6.07) is 9.74. The molecule has 0 saturated heterocycles. The molecule has 0 N–H and O–H groups in total. The minimum atomic E-state index is 0.406. The Morgan fingerprint density at radius 2 is 2.05 bits per heavy atom. The van der Waals surface area contributed by atoms with Crippen LogP contribution in [0.2, 0.25) is 5.02 Å². The summed E-state index contributed by atoms with van der Waals surface area (Å²) in [5.74, 6) is 1.99. The number of anilines is 1. The van der Waals surface area contributed by atoms with Crippen molar-refractivity contribution >= 4 is 29.0 Å². The van der Waals surface area contributed by atoms with Gasteiger partial charge in [0, 0.05) is 31.2 Å². The number of halogens is 2. The molecule has 0 fully saturated rings. The van der Waals surface area contributed by atoms with Crippen molar-refractivity contribution in [2.24, 2.45) is 0 Å². The van der Waals surface area contributed by atoms with Crippen molar-refractivity contribution in [3.8, 4) is 5.75 Å². The highest BCUT2D eigenvalue weighted by Crippen LogP contribution is 2.27. The Hall–Kier alpha value is -1.45. The lowest BCUT2D eigenvalue weighted by Gasteiger charge is -2.21. The predicted octanol–water partition coefficient (Wildman–Crippen LogP) is 4.12. The molecular formula is C15H16Cl2N2O. The number of benzene rings is 1. The van der Waals surface area contributed by atoms with Gasteiger partial charge in [-0.25, -0.2) is 4.98 Å². The number of nitrogens with zero attached hydrogens (tertiary/aromatic N) is 2. The van der Waals surface area contributed by atoms with Gasteiger partial charge in [-0.1, -0.05) is 29.8 Å². The number of alkyl halides is 1. The predicted molar refractivity (Wildman–Crippen MR) is 83.9 cm³/mol. The summed E-state index contributed by atoms with van der Waals surface area (Å²) in [7, 11) is 3.61. The zero-order valence-corrected chi connectivity index (χ0v) is 12.9. The molecule has 1 aromatic carbocycles. The molecule has 0 atom stereocenters. The molecule has 5 heteroatoms. The lowest BCUT2D eigenvalue weighted by molar-refractivity contribution is 0.409. The van der Waals surface area contributed by atoms with Crippen LogP contribution in [0.3, 0.4) is 0 Å². The molecular weight excluding hydrogens is 295 g/mol. The van der Waals surface area contributed by atoms with Crippen molar-refractivity contribution in [1.29, 1.82) is 0 Å². The van der Waals surface area contributed by atoms with Gasteiger partial charge in [-0.15, -0.1) is 11.6 Å². The molecule has 1 aromatic heterocycles. The number of para-hydroxylation sites is 1. The minimum Gasteiger partial charge on any atom is -0.496 e. The number of aromatic nitrogens is 1. The molecule has 106 valence electrons. The second kappa shape index (κ2) is 6.82. The van der Waals surface area contributed by atoms with Gasteiger partial charge >= 0.3 is 0 Å². The molecule has 0 amide bonds. The van der Waals surface area contributed by atoms with Crippen LogP contribution < -0.4 is 9.64 Å². The van der Waals surface area contributed by atoms with Crippen LogP contribution in [0.25, 0.3) is 0 Å². The first-order valence-corrected chi connectivity index (χ1v) is 7.10. The largest absolute Gasteiger partial charge is 0.496 e. The number of ether oxygens (including phenoxy) is 1. The van der Waals surface area contributed by atoms with Gasteiger partial charge in [0.1, 0.15) is 11.6 Å². The Balaban J connectivity index is 2.21. The van der Waals surface area contributed by atoms with Gasteiger partial charge in [0.25, 0.3) is 0 Å². The fourth-order valence-electron chi connectivity index (χ4n) is 1.99. The summed E-state index contributed by atoms with van der Waals surface area (Å²) in [6.45, 7) is 0.664. The maximum atomic E-state index is 6.25. The van der Waals surface area contributed by atoms with Crippen LogP contribution in [0.1, 0.15) is 11.1 Å². The topological polar surface area (TPSA) is 25.4 Å². The van der Waals surface area contributed by atoms with Gasteiger partial charge in [-0.05, 0) is 17.7 Å². The van der Waals surface area contributed by atoms with Crippen molar-refractivity contribution in [2.45, 2.75) is 12.4 Å². The molecule has 0 aliphatic heterocycles. The van der Waals surface area contributed by atoms with Crippen molar-refractivity contribution in [1.82, 2.24) is 4.98 Å². The quantitative estimate of drug-likeness (QED) is 0.777. The maximum Gasteiger partial charge on any atom is 0.147 e. The van der Waals surface area contributed by atoms with Crippen LogP contribution in [0.15, 0.2) is 36.5 Å². The van der Waals surface area contributed by atoms with E-state index in [9.17, 15) is 0 Å². The van der Waals surface area contributed by atoms with E-state index in [0.29, 0.717) is 17.4 Å². The summed E-state index contributed by atoms with van der Waals surface area (Å²) in [5, 5.41) is 0.598. The Morgan fingerprint density at radius 1 is 1.30 bits per heavy atom. The van der Waals surface area contributed by atoms with Crippen LogP contribution in [-0.4, -0.2) is 19.1 Å². The summed E-state index contributed by atoms with van der Waals surface area (Å²) in [6.07, 6.45) is 1.74. The van der Waals surface area contributed by atoms with Crippen LogP contribution in [0.4, 0.5) is 5.82 Å². The van der Waals surface area contributed by atoms with Gasteiger partial charge in [0.15, 0.2) is 0 Å². The summed E-state index contributed by atoms with van der Waals surface area (Å²) < 4.78 is 5.35. The number of methoxy groups -OCH3 is 1. The van der Waals surface area contributed by atoms with Crippen LogP contribution in [0, 0.1) is 0 Å². The molecule has 0 bridgehead atoms. The van der Waals surface area contributed by atoms with Crippen LogP contribution >= 0.6 is 23.2 Å². The highest BCUT2D eigenvalue weighted by Gasteiger charge is 2.11. The Bertz CT molecular complexity index is 590. The highest BCUT2D eigenvalue weighted by atomic mass is 35.5. The van der Waals surface area contributed by atoms with E-state index in [1.807, 2.05) is 42.3 Å². The molecule has 0 radical (unpaired) electrons. The lowest BCUT2D eigenvalue weighted by Crippen LogP contribution is -2.18. The smallest absolute Gasteiger partial charge is 0.147 e. The van der Waals surface area contributed by atoms with E-state index >= 15 is 0 Å². The van der Waals surface area contributed by atoms with E-state index in [2.05, 4.69) is 4.98 Å². The third-order valence-electron chi connectivity index (χ3n) is 2.99. The molecule has 0 aliphatic rings. The van der Waals surface area contributed by atoms with E-state index in [4.69, 9.17) is 27.9 Å². The highest BCUT2D eigenvalue weighted by molar-refractivity contribution is 6.33. The molecule has 0 spiro atoms. The molecule has 0 aliphatic carbocycles. The zero-order valence-electron chi connectivity index (χ0n) is 11.4. The van der Waals surface area contributed by atoms with E-state index in [0.717, 1.165) is 22.7 Å². The van der Waals surface area contributed by atoms with Gasteiger partial charge in [-0.3, -0.25) is 0 Å². The molecule has 1 heterocycles. The van der Waals surface area contributed by atoms with Crippen LogP contribution in [0.5, 0.6) is 5.75 Å². The third-order valence-corrected chi connectivity index (χ3v) is 3.58. The number of hydrogen-bond donors (Lipinski definition) is 0. The number of rotatable bonds is 5. The first-order valence-electron chi connectivity index (χ1n) is 6.19. The molecule has 20 heavy (non-hydrogen) atoms. The standard InChI is InChI=1S/C15H16Cl2N2O/c1-19(10-12-5-3-4-6-14(12)20-2)15-13(17)7-11(8-16)9-18-15/h3-7,9H,8,10H2,1-2H3. The van der Waals surface area contributed by atoms with E-state index in [1.54, 1.807) is 13.3 Å². The zero-order chi connectivity index (χ0) is 14.5. The normalized spacial score (nSPS) is 10.4.